The van der Waals surface area contributed by atoms with Crippen molar-refractivity contribution in [1.29, 1.82) is 0 Å². The van der Waals surface area contributed by atoms with E-state index in [1.807, 2.05) is 13.8 Å². The van der Waals surface area contributed by atoms with Gasteiger partial charge in [0, 0.05) is 29.8 Å². The number of non-ortho nitro benzene ring substituents is 2. The van der Waals surface area contributed by atoms with E-state index in [0.717, 1.165) is 12.1 Å². The summed E-state index contributed by atoms with van der Waals surface area (Å²) in [4.78, 5) is 56.5. The van der Waals surface area contributed by atoms with Crippen LogP contribution >= 0.6 is 12.2 Å². The van der Waals surface area contributed by atoms with Crippen molar-refractivity contribution >= 4 is 52.1 Å². The molecular formula is C20H20N6O7S. The molecule has 0 spiro atoms. The number of hydrazine groups is 1. The van der Waals surface area contributed by atoms with Crippen LogP contribution in [0.2, 0.25) is 0 Å². The summed E-state index contributed by atoms with van der Waals surface area (Å²) in [5.41, 5.74) is 3.62. The number of nitro benzene ring substituents is 2. The number of nitrogens with one attached hydrogen (secondary N) is 4. The van der Waals surface area contributed by atoms with Gasteiger partial charge in [-0.1, -0.05) is 13.8 Å². The first-order valence-corrected chi connectivity index (χ1v) is 10.1. The Morgan fingerprint density at radius 2 is 1.44 bits per heavy atom. The van der Waals surface area contributed by atoms with Crippen molar-refractivity contribution in [3.05, 3.63) is 73.8 Å². The molecule has 0 fully saturated rings. The number of amides is 3. The van der Waals surface area contributed by atoms with Gasteiger partial charge in [0.2, 0.25) is 5.91 Å². The highest BCUT2D eigenvalue weighted by atomic mass is 32.1. The number of nitrogens with zero attached hydrogens (tertiary/aromatic N) is 2. The molecule has 0 aliphatic heterocycles. The van der Waals surface area contributed by atoms with Crippen LogP contribution in [-0.4, -0.2) is 32.7 Å². The van der Waals surface area contributed by atoms with Crippen LogP contribution in [0.25, 0.3) is 0 Å². The molecule has 178 valence electrons. The Morgan fingerprint density at radius 3 is 1.94 bits per heavy atom. The van der Waals surface area contributed by atoms with E-state index in [4.69, 9.17) is 12.2 Å². The number of nitro groups is 2. The molecule has 14 heteroatoms. The predicted molar refractivity (Wildman–Crippen MR) is 125 cm³/mol. The van der Waals surface area contributed by atoms with Gasteiger partial charge in [-0.15, -0.1) is 0 Å². The lowest BCUT2D eigenvalue weighted by Crippen LogP contribution is -2.48. The van der Waals surface area contributed by atoms with Crippen LogP contribution in [0, 0.1) is 26.1 Å². The van der Waals surface area contributed by atoms with Crippen molar-refractivity contribution in [2.24, 2.45) is 5.92 Å². The maximum atomic E-state index is 12.3. The molecule has 0 aliphatic carbocycles. The van der Waals surface area contributed by atoms with E-state index in [-0.39, 0.29) is 28.1 Å². The molecule has 0 unspecified atom stereocenters. The number of carbonyl (C=O) groups excluding carboxylic acids is 3. The quantitative estimate of drug-likeness (QED) is 0.258. The predicted octanol–water partition coefficient (Wildman–Crippen LogP) is 2.44. The number of hydrogen-bond acceptors (Lipinski definition) is 8. The summed E-state index contributed by atoms with van der Waals surface area (Å²) >= 11 is 4.90. The van der Waals surface area contributed by atoms with Gasteiger partial charge in [0.25, 0.3) is 23.2 Å². The van der Waals surface area contributed by atoms with Gasteiger partial charge in [0.1, 0.15) is 0 Å². The van der Waals surface area contributed by atoms with Gasteiger partial charge >= 0.3 is 0 Å². The third kappa shape index (κ3) is 7.59. The number of hydrogen-bond donors (Lipinski definition) is 4. The zero-order valence-electron chi connectivity index (χ0n) is 18.0. The fourth-order valence-electron chi connectivity index (χ4n) is 2.62. The SMILES string of the molecule is CC(C)CC(=O)Nc1ccc(C(=O)NNC(=S)NC(=O)c2cc([N+](=O)[O-])cc([N+](=O)[O-])c2)cc1. The molecule has 0 aliphatic rings. The molecule has 4 N–H and O–H groups in total. The first kappa shape index (κ1) is 25.8. The maximum Gasteiger partial charge on any atom is 0.277 e. The maximum absolute atomic E-state index is 12.3. The summed E-state index contributed by atoms with van der Waals surface area (Å²) in [6, 6.07) is 8.44. The van der Waals surface area contributed by atoms with Crippen molar-refractivity contribution in [2.75, 3.05) is 5.32 Å². The van der Waals surface area contributed by atoms with Crippen LogP contribution in [0.4, 0.5) is 17.1 Å². The number of carbonyl (C=O) groups is 3. The number of benzene rings is 2. The Kier molecular flexibility index (Phi) is 8.66. The molecule has 0 saturated heterocycles. The monoisotopic (exact) mass is 488 g/mol. The first-order chi connectivity index (χ1) is 16.0. The minimum Gasteiger partial charge on any atom is -0.326 e. The van der Waals surface area contributed by atoms with Crippen LogP contribution < -0.4 is 21.5 Å². The van der Waals surface area contributed by atoms with E-state index in [9.17, 15) is 34.6 Å². The molecule has 0 atom stereocenters. The Balaban J connectivity index is 1.94. The van der Waals surface area contributed by atoms with Crippen molar-refractivity contribution in [3.8, 4) is 0 Å². The van der Waals surface area contributed by atoms with Crippen molar-refractivity contribution in [1.82, 2.24) is 16.2 Å². The molecule has 2 rings (SSSR count). The minimum atomic E-state index is -0.958. The van der Waals surface area contributed by atoms with Gasteiger partial charge < -0.3 is 5.32 Å². The van der Waals surface area contributed by atoms with Gasteiger partial charge in [0.15, 0.2) is 5.11 Å². The Hall–Kier alpha value is -4.46. The van der Waals surface area contributed by atoms with Crippen LogP contribution in [-0.2, 0) is 4.79 Å². The van der Waals surface area contributed by atoms with E-state index in [0.29, 0.717) is 18.2 Å². The van der Waals surface area contributed by atoms with Crippen LogP contribution in [0.15, 0.2) is 42.5 Å². The smallest absolute Gasteiger partial charge is 0.277 e. The number of rotatable bonds is 7. The van der Waals surface area contributed by atoms with E-state index in [1.165, 1.54) is 12.1 Å². The zero-order chi connectivity index (χ0) is 25.4. The van der Waals surface area contributed by atoms with E-state index < -0.39 is 33.0 Å². The fourth-order valence-corrected chi connectivity index (χ4v) is 2.76. The summed E-state index contributed by atoms with van der Waals surface area (Å²) in [6.07, 6.45) is 0.360. The van der Waals surface area contributed by atoms with Crippen molar-refractivity contribution in [3.63, 3.8) is 0 Å². The first-order valence-electron chi connectivity index (χ1n) is 9.71. The minimum absolute atomic E-state index is 0.149. The van der Waals surface area contributed by atoms with E-state index in [2.05, 4.69) is 21.5 Å². The Labute approximate surface area is 198 Å². The molecule has 34 heavy (non-hydrogen) atoms. The summed E-state index contributed by atoms with van der Waals surface area (Å²) in [5, 5.41) is 26.4. The lowest BCUT2D eigenvalue weighted by atomic mass is 10.1. The highest BCUT2D eigenvalue weighted by molar-refractivity contribution is 7.80. The number of anilines is 1. The molecule has 0 saturated carbocycles. The van der Waals surface area contributed by atoms with Gasteiger partial charge in [-0.2, -0.15) is 0 Å². The molecule has 2 aromatic rings. The molecule has 0 bridgehead atoms. The largest absolute Gasteiger partial charge is 0.326 e. The molecular weight excluding hydrogens is 468 g/mol. The summed E-state index contributed by atoms with van der Waals surface area (Å²) in [6.45, 7) is 3.83. The van der Waals surface area contributed by atoms with Crippen LogP contribution in [0.1, 0.15) is 41.0 Å². The van der Waals surface area contributed by atoms with Gasteiger partial charge in [-0.3, -0.25) is 50.8 Å². The zero-order valence-corrected chi connectivity index (χ0v) is 18.8. The molecule has 0 aromatic heterocycles. The van der Waals surface area contributed by atoms with Gasteiger partial charge in [-0.25, -0.2) is 0 Å². The second-order valence-corrected chi connectivity index (χ2v) is 7.75. The highest BCUT2D eigenvalue weighted by Crippen LogP contribution is 2.22. The lowest BCUT2D eigenvalue weighted by Gasteiger charge is -2.11. The third-order valence-electron chi connectivity index (χ3n) is 4.13. The highest BCUT2D eigenvalue weighted by Gasteiger charge is 2.20. The summed E-state index contributed by atoms with van der Waals surface area (Å²) in [5.74, 6) is -1.51. The van der Waals surface area contributed by atoms with Crippen molar-refractivity contribution in [2.45, 2.75) is 20.3 Å². The average molecular weight is 488 g/mol. The fraction of sp³-hybridized carbons (Fsp3) is 0.200. The standard InChI is InChI=1S/C20H20N6O7S/c1-11(2)7-17(27)21-14-5-3-12(4-6-14)19(29)23-24-20(34)22-18(28)13-8-15(25(30)31)10-16(9-13)26(32)33/h3-6,8-11H,7H2,1-2H3,(H,21,27)(H,23,29)(H2,22,24,28,34). The molecule has 0 radical (unpaired) electrons. The molecule has 3 amide bonds. The number of thiocarbonyl (C=S) groups is 1. The van der Waals surface area contributed by atoms with Crippen LogP contribution in [0.3, 0.4) is 0 Å². The van der Waals surface area contributed by atoms with Gasteiger partial charge in [-0.05, 0) is 42.4 Å². The summed E-state index contributed by atoms with van der Waals surface area (Å²) in [7, 11) is 0. The lowest BCUT2D eigenvalue weighted by molar-refractivity contribution is -0.394. The average Bonchev–Trinajstić information content (AvgIpc) is 2.76. The molecule has 2 aromatic carbocycles. The second-order valence-electron chi connectivity index (χ2n) is 7.34. The third-order valence-corrected chi connectivity index (χ3v) is 4.33. The summed E-state index contributed by atoms with van der Waals surface area (Å²) < 4.78 is 0. The van der Waals surface area contributed by atoms with Gasteiger partial charge in [0.05, 0.1) is 21.5 Å². The normalized spacial score (nSPS) is 10.2. The topological polar surface area (TPSA) is 186 Å². The van der Waals surface area contributed by atoms with E-state index >= 15 is 0 Å². The molecule has 0 heterocycles. The van der Waals surface area contributed by atoms with Crippen molar-refractivity contribution < 1.29 is 24.2 Å². The Bertz CT molecular complexity index is 1120. The second kappa shape index (κ2) is 11.4. The molecule has 13 nitrogen and oxygen atoms in total. The van der Waals surface area contributed by atoms with E-state index in [1.54, 1.807) is 12.1 Å². The Morgan fingerprint density at radius 1 is 0.882 bits per heavy atom. The van der Waals surface area contributed by atoms with Crippen LogP contribution in [0.5, 0.6) is 0 Å².